The number of hydrogen-bond acceptors (Lipinski definition) is 3. The number of H-pyrrole nitrogens is 1. The van der Waals surface area contributed by atoms with Crippen LogP contribution in [-0.4, -0.2) is 21.0 Å². The molecule has 1 saturated heterocycles. The smallest absolute Gasteiger partial charge is 0.127 e. The minimum Gasteiger partial charge on any atom is -0.347 e. The van der Waals surface area contributed by atoms with E-state index in [-0.39, 0.29) is 5.54 Å². The Bertz CT molecular complexity index is 262. The minimum absolute atomic E-state index is 0.222. The van der Waals surface area contributed by atoms with Crippen molar-refractivity contribution in [3.05, 3.63) is 18.2 Å². The highest BCUT2D eigenvalue weighted by atomic mass is 32.2. The van der Waals surface area contributed by atoms with Gasteiger partial charge in [0.05, 0.1) is 5.54 Å². The third-order valence-corrected chi connectivity index (χ3v) is 4.08. The average molecular weight is 197 g/mol. The molecule has 1 aromatic rings. The third kappa shape index (κ3) is 1.74. The number of hydrogen-bond donors (Lipinski definition) is 2. The number of rotatable bonds is 1. The Morgan fingerprint density at radius 3 is 3.15 bits per heavy atom. The first-order valence-electron chi connectivity index (χ1n) is 4.61. The van der Waals surface area contributed by atoms with Crippen molar-refractivity contribution in [1.82, 2.24) is 9.97 Å². The van der Waals surface area contributed by atoms with Gasteiger partial charge in [0, 0.05) is 23.4 Å². The van der Waals surface area contributed by atoms with Crippen LogP contribution in [-0.2, 0) is 5.54 Å². The van der Waals surface area contributed by atoms with E-state index in [1.807, 2.05) is 18.0 Å². The van der Waals surface area contributed by atoms with Gasteiger partial charge in [-0.1, -0.05) is 6.92 Å². The number of aromatic amines is 1. The molecule has 3 N–H and O–H groups in total. The first-order chi connectivity index (χ1) is 6.21. The second kappa shape index (κ2) is 3.35. The predicted molar refractivity (Wildman–Crippen MR) is 55.6 cm³/mol. The number of nitrogens with two attached hydrogens (primary N) is 1. The van der Waals surface area contributed by atoms with Crippen molar-refractivity contribution < 1.29 is 0 Å². The average Bonchev–Trinajstić information content (AvgIpc) is 2.63. The molecule has 0 unspecified atom stereocenters. The molecule has 1 aromatic heterocycles. The Kier molecular flexibility index (Phi) is 2.34. The van der Waals surface area contributed by atoms with Gasteiger partial charge in [0.25, 0.3) is 0 Å². The summed E-state index contributed by atoms with van der Waals surface area (Å²) in [5.41, 5.74) is 6.05. The molecule has 0 spiro atoms. The summed E-state index contributed by atoms with van der Waals surface area (Å²) in [5, 5.41) is 0.742. The van der Waals surface area contributed by atoms with Crippen LogP contribution in [0.4, 0.5) is 0 Å². The maximum atomic E-state index is 6.27. The lowest BCUT2D eigenvalue weighted by Crippen LogP contribution is -2.43. The molecule has 0 aromatic carbocycles. The summed E-state index contributed by atoms with van der Waals surface area (Å²) >= 11 is 1.94. The van der Waals surface area contributed by atoms with Crippen molar-refractivity contribution in [2.75, 3.05) is 5.75 Å². The number of aromatic nitrogens is 2. The van der Waals surface area contributed by atoms with Crippen LogP contribution in [0.1, 0.15) is 25.6 Å². The lowest BCUT2D eigenvalue weighted by Gasteiger charge is -2.33. The molecule has 2 rings (SSSR count). The van der Waals surface area contributed by atoms with E-state index in [9.17, 15) is 0 Å². The Hall–Kier alpha value is -0.480. The molecule has 0 bridgehead atoms. The van der Waals surface area contributed by atoms with Crippen molar-refractivity contribution in [3.8, 4) is 0 Å². The fourth-order valence-corrected chi connectivity index (χ4v) is 2.78. The number of nitrogens with one attached hydrogen (secondary N) is 1. The molecule has 72 valence electrons. The Labute approximate surface area is 82.5 Å². The molecule has 0 amide bonds. The first-order valence-corrected chi connectivity index (χ1v) is 5.66. The highest BCUT2D eigenvalue weighted by molar-refractivity contribution is 8.00. The summed E-state index contributed by atoms with van der Waals surface area (Å²) < 4.78 is 0. The van der Waals surface area contributed by atoms with Crippen molar-refractivity contribution in [2.45, 2.75) is 30.6 Å². The van der Waals surface area contributed by atoms with Gasteiger partial charge in [0.15, 0.2) is 0 Å². The van der Waals surface area contributed by atoms with Crippen LogP contribution in [0, 0.1) is 0 Å². The number of nitrogens with zero attached hydrogens (tertiary/aromatic N) is 1. The summed E-state index contributed by atoms with van der Waals surface area (Å²) in [6.45, 7) is 2.26. The van der Waals surface area contributed by atoms with Crippen LogP contribution in [0.25, 0.3) is 0 Å². The van der Waals surface area contributed by atoms with Crippen molar-refractivity contribution >= 4 is 11.8 Å². The first kappa shape index (κ1) is 9.09. The van der Waals surface area contributed by atoms with E-state index >= 15 is 0 Å². The molecule has 1 fully saturated rings. The number of thioether (sulfide) groups is 1. The van der Waals surface area contributed by atoms with Gasteiger partial charge >= 0.3 is 0 Å². The topological polar surface area (TPSA) is 54.7 Å². The van der Waals surface area contributed by atoms with Crippen LogP contribution in [0.3, 0.4) is 0 Å². The van der Waals surface area contributed by atoms with Crippen LogP contribution in [0.5, 0.6) is 0 Å². The largest absolute Gasteiger partial charge is 0.347 e. The van der Waals surface area contributed by atoms with Crippen molar-refractivity contribution in [2.24, 2.45) is 5.73 Å². The van der Waals surface area contributed by atoms with Gasteiger partial charge in [-0.15, -0.1) is 0 Å². The molecule has 0 radical (unpaired) electrons. The zero-order valence-corrected chi connectivity index (χ0v) is 8.60. The second-order valence-electron chi connectivity index (χ2n) is 3.75. The van der Waals surface area contributed by atoms with E-state index in [0.717, 1.165) is 23.2 Å². The highest BCUT2D eigenvalue weighted by Crippen LogP contribution is 2.35. The Morgan fingerprint density at radius 1 is 1.77 bits per heavy atom. The quantitative estimate of drug-likeness (QED) is 0.717. The fourth-order valence-electron chi connectivity index (χ4n) is 1.63. The fraction of sp³-hybridized carbons (Fsp3) is 0.667. The second-order valence-corrected chi connectivity index (χ2v) is 5.18. The summed E-state index contributed by atoms with van der Waals surface area (Å²) in [5.74, 6) is 1.91. The lowest BCUT2D eigenvalue weighted by molar-refractivity contribution is 0.409. The zero-order chi connectivity index (χ0) is 9.31. The molecule has 1 aliphatic rings. The Balaban J connectivity index is 2.13. The van der Waals surface area contributed by atoms with Crippen LogP contribution in [0.15, 0.2) is 12.4 Å². The van der Waals surface area contributed by atoms with E-state index in [0.29, 0.717) is 0 Å². The third-order valence-electron chi connectivity index (χ3n) is 2.59. The van der Waals surface area contributed by atoms with Gasteiger partial charge in [-0.05, 0) is 12.8 Å². The van der Waals surface area contributed by atoms with Gasteiger partial charge in [-0.3, -0.25) is 0 Å². The molecule has 2 heterocycles. The molecular weight excluding hydrogens is 182 g/mol. The van der Waals surface area contributed by atoms with Gasteiger partial charge in [0.1, 0.15) is 5.82 Å². The molecule has 0 aliphatic carbocycles. The minimum atomic E-state index is -0.222. The van der Waals surface area contributed by atoms with Crippen LogP contribution < -0.4 is 5.73 Å². The van der Waals surface area contributed by atoms with E-state index < -0.39 is 0 Å². The maximum absolute atomic E-state index is 6.27. The summed E-state index contributed by atoms with van der Waals surface area (Å²) in [4.78, 5) is 7.36. The molecular formula is C9H15N3S. The maximum Gasteiger partial charge on any atom is 0.127 e. The molecule has 1 aliphatic heterocycles. The van der Waals surface area contributed by atoms with Crippen LogP contribution >= 0.6 is 11.8 Å². The SMILES string of the molecule is C[C@H]1CC[C@](N)(c2ncc[nH]2)CS1. The normalized spacial score (nSPS) is 34.8. The molecule has 0 saturated carbocycles. The summed E-state index contributed by atoms with van der Waals surface area (Å²) in [7, 11) is 0. The monoisotopic (exact) mass is 197 g/mol. The standard InChI is InChI=1S/C9H15N3S/c1-7-2-3-9(10,6-13-7)8-11-4-5-12-8/h4-5,7H,2-3,6,10H2,1H3,(H,11,12)/t7-,9+/m0/s1. The molecule has 2 atom stereocenters. The van der Waals surface area contributed by atoms with E-state index in [2.05, 4.69) is 16.9 Å². The number of imidazole rings is 1. The van der Waals surface area contributed by atoms with Gasteiger partial charge in [-0.25, -0.2) is 4.98 Å². The van der Waals surface area contributed by atoms with Crippen molar-refractivity contribution in [3.63, 3.8) is 0 Å². The molecule has 3 nitrogen and oxygen atoms in total. The van der Waals surface area contributed by atoms with Crippen molar-refractivity contribution in [1.29, 1.82) is 0 Å². The molecule has 13 heavy (non-hydrogen) atoms. The summed E-state index contributed by atoms with van der Waals surface area (Å²) in [6.07, 6.45) is 5.83. The lowest BCUT2D eigenvalue weighted by atomic mass is 9.94. The highest BCUT2D eigenvalue weighted by Gasteiger charge is 2.34. The zero-order valence-electron chi connectivity index (χ0n) is 7.79. The van der Waals surface area contributed by atoms with Crippen LogP contribution in [0.2, 0.25) is 0 Å². The summed E-state index contributed by atoms with van der Waals surface area (Å²) in [6, 6.07) is 0. The van der Waals surface area contributed by atoms with Gasteiger partial charge in [-0.2, -0.15) is 11.8 Å². The predicted octanol–water partition coefficient (Wildman–Crippen LogP) is 1.48. The van der Waals surface area contributed by atoms with Gasteiger partial charge in [0.2, 0.25) is 0 Å². The Morgan fingerprint density at radius 2 is 2.62 bits per heavy atom. The van der Waals surface area contributed by atoms with E-state index in [1.54, 1.807) is 6.20 Å². The van der Waals surface area contributed by atoms with E-state index in [1.165, 1.54) is 6.42 Å². The molecule has 4 heteroatoms. The van der Waals surface area contributed by atoms with Gasteiger partial charge < -0.3 is 10.7 Å². The van der Waals surface area contributed by atoms with E-state index in [4.69, 9.17) is 5.73 Å².